The van der Waals surface area contributed by atoms with Gasteiger partial charge in [-0.2, -0.15) is 0 Å². The molecule has 0 radical (unpaired) electrons. The number of amides is 1. The fourth-order valence-electron chi connectivity index (χ4n) is 2.43. The number of carbonyl (C=O) groups excluding carboxylic acids is 1. The molecule has 25 heavy (non-hydrogen) atoms. The molecule has 0 fully saturated rings. The molecule has 9 heteroatoms. The summed E-state index contributed by atoms with van der Waals surface area (Å²) in [4.78, 5) is 34.0. The average molecular weight is 388 g/mol. The predicted octanol–water partition coefficient (Wildman–Crippen LogP) is 3.43. The second-order valence-corrected chi connectivity index (χ2v) is 8.21. The molecule has 0 bridgehead atoms. The number of carbonyl (C=O) groups is 1. The Morgan fingerprint density at radius 3 is 3.08 bits per heavy atom. The largest absolute Gasteiger partial charge is 0.324 e. The zero-order valence-electron chi connectivity index (χ0n) is 13.1. The van der Waals surface area contributed by atoms with Crippen LogP contribution in [0.4, 0.5) is 5.69 Å². The molecule has 0 aliphatic heterocycles. The predicted molar refractivity (Wildman–Crippen MR) is 104 cm³/mol. The molecule has 0 saturated heterocycles. The van der Waals surface area contributed by atoms with Crippen molar-refractivity contribution in [2.75, 3.05) is 11.6 Å². The quantitative estimate of drug-likeness (QED) is 0.542. The summed E-state index contributed by atoms with van der Waals surface area (Å²) in [6.07, 6.45) is 3.40. The molecule has 0 saturated carbocycles. The number of nitrogens with zero attached hydrogens (tertiary/aromatic N) is 3. The van der Waals surface area contributed by atoms with Crippen LogP contribution in [0.15, 0.2) is 45.1 Å². The highest BCUT2D eigenvalue weighted by Gasteiger charge is 2.10. The summed E-state index contributed by atoms with van der Waals surface area (Å²) < 4.78 is 3.32. The Labute approximate surface area is 154 Å². The Balaban J connectivity index is 1.55. The van der Waals surface area contributed by atoms with E-state index < -0.39 is 0 Å². The van der Waals surface area contributed by atoms with Crippen LogP contribution in [0, 0.1) is 0 Å². The first-order valence-electron chi connectivity index (χ1n) is 7.31. The Morgan fingerprint density at radius 2 is 2.24 bits per heavy atom. The van der Waals surface area contributed by atoms with E-state index in [4.69, 9.17) is 0 Å². The molecule has 3 aromatic heterocycles. The van der Waals surface area contributed by atoms with Gasteiger partial charge in [0, 0.05) is 5.69 Å². The van der Waals surface area contributed by atoms with Gasteiger partial charge in [0.1, 0.15) is 11.4 Å². The molecule has 126 valence electrons. The summed E-state index contributed by atoms with van der Waals surface area (Å²) >= 11 is 4.58. The topological polar surface area (TPSA) is 76.9 Å². The van der Waals surface area contributed by atoms with Gasteiger partial charge >= 0.3 is 0 Å². The van der Waals surface area contributed by atoms with Gasteiger partial charge in [0.05, 0.1) is 21.9 Å². The van der Waals surface area contributed by atoms with Gasteiger partial charge in [0.25, 0.3) is 5.56 Å². The maximum Gasteiger partial charge on any atom is 0.262 e. The summed E-state index contributed by atoms with van der Waals surface area (Å²) in [5.74, 6) is -0.271. The van der Waals surface area contributed by atoms with Crippen molar-refractivity contribution >= 4 is 66.5 Å². The van der Waals surface area contributed by atoms with Crippen LogP contribution in [0.3, 0.4) is 0 Å². The van der Waals surface area contributed by atoms with Crippen LogP contribution in [0.1, 0.15) is 0 Å². The number of benzene rings is 1. The lowest BCUT2D eigenvalue weighted by Crippen LogP contribution is -2.27. The lowest BCUT2D eigenvalue weighted by atomic mass is 10.3. The van der Waals surface area contributed by atoms with Crippen LogP contribution in [0.2, 0.25) is 0 Å². The Kier molecular flexibility index (Phi) is 4.28. The fourth-order valence-corrected chi connectivity index (χ4v) is 4.68. The first-order chi connectivity index (χ1) is 12.1. The molecule has 1 amide bonds. The molecule has 1 N–H and O–H groups in total. The standard InChI is InChI=1S/C16H12N4O2S3/c1-23-16-19-11-3-2-9(6-12(11)25-16)18-13(21)7-20-8-17-14-10(15(20)22)4-5-24-14/h2-6,8H,7H2,1H3,(H,18,21). The third kappa shape index (κ3) is 3.17. The Hall–Kier alpha value is -2.23. The molecular formula is C16H12N4O2S3. The highest BCUT2D eigenvalue weighted by molar-refractivity contribution is 8.00. The fraction of sp³-hybridized carbons (Fsp3) is 0.125. The van der Waals surface area contributed by atoms with Gasteiger partial charge in [0.2, 0.25) is 5.91 Å². The zero-order chi connectivity index (χ0) is 17.4. The van der Waals surface area contributed by atoms with Crippen LogP contribution >= 0.6 is 34.4 Å². The number of fused-ring (bicyclic) bond motifs is 2. The number of aromatic nitrogens is 3. The molecule has 0 spiro atoms. The van der Waals surface area contributed by atoms with Crippen molar-refractivity contribution in [2.45, 2.75) is 10.9 Å². The van der Waals surface area contributed by atoms with Gasteiger partial charge in [-0.1, -0.05) is 11.8 Å². The van der Waals surface area contributed by atoms with Gasteiger partial charge in [-0.25, -0.2) is 9.97 Å². The molecular weight excluding hydrogens is 376 g/mol. The number of anilines is 1. The summed E-state index contributed by atoms with van der Waals surface area (Å²) in [5.41, 5.74) is 1.39. The van der Waals surface area contributed by atoms with E-state index in [0.717, 1.165) is 14.6 Å². The number of thiophene rings is 1. The van der Waals surface area contributed by atoms with Crippen molar-refractivity contribution in [2.24, 2.45) is 0 Å². The number of hydrogen-bond acceptors (Lipinski definition) is 7. The lowest BCUT2D eigenvalue weighted by Gasteiger charge is -2.07. The molecule has 0 unspecified atom stereocenters. The summed E-state index contributed by atoms with van der Waals surface area (Å²) in [6, 6.07) is 7.32. The van der Waals surface area contributed by atoms with Crippen molar-refractivity contribution in [3.8, 4) is 0 Å². The van der Waals surface area contributed by atoms with Crippen LogP contribution in [-0.4, -0.2) is 26.7 Å². The normalized spacial score (nSPS) is 11.2. The first kappa shape index (κ1) is 16.2. The lowest BCUT2D eigenvalue weighted by molar-refractivity contribution is -0.116. The van der Waals surface area contributed by atoms with Crippen molar-refractivity contribution in [3.05, 3.63) is 46.3 Å². The van der Waals surface area contributed by atoms with Crippen LogP contribution in [-0.2, 0) is 11.3 Å². The van der Waals surface area contributed by atoms with E-state index in [1.165, 1.54) is 22.2 Å². The molecule has 3 heterocycles. The SMILES string of the molecule is CSc1nc2ccc(NC(=O)Cn3cnc4sccc4c3=O)cc2s1. The molecule has 6 nitrogen and oxygen atoms in total. The van der Waals surface area contributed by atoms with Gasteiger partial charge in [-0.15, -0.1) is 22.7 Å². The number of hydrogen-bond donors (Lipinski definition) is 1. The van der Waals surface area contributed by atoms with Crippen molar-refractivity contribution in [1.82, 2.24) is 14.5 Å². The average Bonchev–Trinajstić information content (AvgIpc) is 3.23. The van der Waals surface area contributed by atoms with Gasteiger partial charge in [0.15, 0.2) is 4.34 Å². The number of thiazole rings is 1. The maximum atomic E-state index is 12.3. The Morgan fingerprint density at radius 1 is 1.36 bits per heavy atom. The molecule has 0 atom stereocenters. The van der Waals surface area contributed by atoms with E-state index in [0.29, 0.717) is 15.9 Å². The highest BCUT2D eigenvalue weighted by Crippen LogP contribution is 2.29. The first-order valence-corrected chi connectivity index (χ1v) is 10.2. The second kappa shape index (κ2) is 6.58. The van der Waals surface area contributed by atoms with Gasteiger partial charge in [-0.3, -0.25) is 14.2 Å². The van der Waals surface area contributed by atoms with Crippen molar-refractivity contribution < 1.29 is 4.79 Å². The molecule has 4 rings (SSSR count). The maximum absolute atomic E-state index is 12.3. The monoisotopic (exact) mass is 388 g/mol. The number of thioether (sulfide) groups is 1. The third-order valence-electron chi connectivity index (χ3n) is 3.59. The number of rotatable bonds is 4. The summed E-state index contributed by atoms with van der Waals surface area (Å²) in [5, 5.41) is 5.18. The van der Waals surface area contributed by atoms with Gasteiger partial charge in [-0.05, 0) is 35.9 Å². The molecule has 0 aliphatic rings. The smallest absolute Gasteiger partial charge is 0.262 e. The van der Waals surface area contributed by atoms with E-state index in [9.17, 15) is 9.59 Å². The zero-order valence-corrected chi connectivity index (χ0v) is 15.5. The van der Waals surface area contributed by atoms with E-state index in [2.05, 4.69) is 15.3 Å². The number of nitrogens with one attached hydrogen (secondary N) is 1. The highest BCUT2D eigenvalue weighted by atomic mass is 32.2. The minimum atomic E-state index is -0.271. The van der Waals surface area contributed by atoms with Crippen LogP contribution in [0.5, 0.6) is 0 Å². The molecule has 0 aliphatic carbocycles. The third-order valence-corrected chi connectivity index (χ3v) is 6.42. The van der Waals surface area contributed by atoms with Crippen LogP contribution < -0.4 is 10.9 Å². The van der Waals surface area contributed by atoms with E-state index in [1.54, 1.807) is 29.2 Å². The van der Waals surface area contributed by atoms with Gasteiger partial charge < -0.3 is 5.32 Å². The summed E-state index contributed by atoms with van der Waals surface area (Å²) in [7, 11) is 0. The Bertz CT molecular complexity index is 1150. The van der Waals surface area contributed by atoms with E-state index in [-0.39, 0.29) is 18.0 Å². The second-order valence-electron chi connectivity index (χ2n) is 5.23. The van der Waals surface area contributed by atoms with Crippen molar-refractivity contribution in [3.63, 3.8) is 0 Å². The van der Waals surface area contributed by atoms with Crippen molar-refractivity contribution in [1.29, 1.82) is 0 Å². The van der Waals surface area contributed by atoms with E-state index >= 15 is 0 Å². The molecule has 4 aromatic rings. The molecule has 1 aromatic carbocycles. The van der Waals surface area contributed by atoms with Crippen LogP contribution in [0.25, 0.3) is 20.4 Å². The minimum Gasteiger partial charge on any atom is -0.324 e. The summed E-state index contributed by atoms with van der Waals surface area (Å²) in [6.45, 7) is -0.0750. The minimum absolute atomic E-state index is 0.0750. The van der Waals surface area contributed by atoms with E-state index in [1.807, 2.05) is 29.8 Å².